The highest BCUT2D eigenvalue weighted by molar-refractivity contribution is 5.73. The highest BCUT2D eigenvalue weighted by Gasteiger charge is 2.34. The van der Waals surface area contributed by atoms with Crippen LogP contribution in [-0.4, -0.2) is 38.1 Å². The van der Waals surface area contributed by atoms with Gasteiger partial charge in [-0.3, -0.25) is 4.90 Å². The minimum Gasteiger partial charge on any atom is -0.444 e. The molecule has 1 aromatic rings. The molecular weight excluding hydrogens is 298 g/mol. The first kappa shape index (κ1) is 17.3. The summed E-state index contributed by atoms with van der Waals surface area (Å²) in [6.07, 6.45) is -0.934. The maximum absolute atomic E-state index is 12.3. The van der Waals surface area contributed by atoms with Gasteiger partial charge in [0.1, 0.15) is 11.2 Å². The number of ether oxygens (including phenoxy) is 2. The monoisotopic (exact) mass is 323 g/mol. The normalized spacial score (nSPS) is 14.7. The Labute approximate surface area is 136 Å². The SMILES string of the molecule is Cc1nn(C(=O)OC(C)(C)C)c2c1CN(C(=O)OC(C)(C)C)C2. The van der Waals surface area contributed by atoms with Crippen molar-refractivity contribution in [2.24, 2.45) is 0 Å². The summed E-state index contributed by atoms with van der Waals surface area (Å²) in [7, 11) is 0. The lowest BCUT2D eigenvalue weighted by atomic mass is 10.2. The number of fused-ring (bicyclic) bond motifs is 1. The van der Waals surface area contributed by atoms with Crippen LogP contribution in [-0.2, 0) is 22.6 Å². The zero-order valence-corrected chi connectivity index (χ0v) is 14.9. The van der Waals surface area contributed by atoms with Gasteiger partial charge in [0.25, 0.3) is 0 Å². The highest BCUT2D eigenvalue weighted by Crippen LogP contribution is 2.27. The molecule has 0 aromatic carbocycles. The van der Waals surface area contributed by atoms with E-state index in [9.17, 15) is 9.59 Å². The summed E-state index contributed by atoms with van der Waals surface area (Å²) in [5, 5.41) is 4.25. The summed E-state index contributed by atoms with van der Waals surface area (Å²) in [6.45, 7) is 13.4. The van der Waals surface area contributed by atoms with Crippen LogP contribution in [0.15, 0.2) is 0 Å². The number of rotatable bonds is 0. The largest absolute Gasteiger partial charge is 0.444 e. The molecule has 1 aromatic heterocycles. The van der Waals surface area contributed by atoms with E-state index in [0.29, 0.717) is 12.2 Å². The standard InChI is InChI=1S/C16H25N3O4/c1-10-11-8-18(13(20)22-15(2,3)4)9-12(11)19(17-10)14(21)23-16(5,6)7/h8-9H2,1-7H3. The number of carbonyl (C=O) groups is 2. The fourth-order valence-electron chi connectivity index (χ4n) is 2.31. The molecule has 0 saturated carbocycles. The van der Waals surface area contributed by atoms with E-state index in [-0.39, 0.29) is 6.54 Å². The van der Waals surface area contributed by atoms with E-state index in [1.807, 2.05) is 27.7 Å². The van der Waals surface area contributed by atoms with Gasteiger partial charge in [-0.15, -0.1) is 0 Å². The van der Waals surface area contributed by atoms with Crippen LogP contribution < -0.4 is 0 Å². The molecule has 2 heterocycles. The van der Waals surface area contributed by atoms with Gasteiger partial charge >= 0.3 is 12.2 Å². The van der Waals surface area contributed by atoms with Gasteiger partial charge in [-0.05, 0) is 48.5 Å². The van der Waals surface area contributed by atoms with Crippen molar-refractivity contribution < 1.29 is 19.1 Å². The predicted octanol–water partition coefficient (Wildman–Crippen LogP) is 3.23. The topological polar surface area (TPSA) is 73.7 Å². The molecule has 0 aliphatic carbocycles. The molecular formula is C16H25N3O4. The lowest BCUT2D eigenvalue weighted by Crippen LogP contribution is -2.34. The Morgan fingerprint density at radius 1 is 0.957 bits per heavy atom. The Kier molecular flexibility index (Phi) is 4.17. The molecule has 23 heavy (non-hydrogen) atoms. The highest BCUT2D eigenvalue weighted by atomic mass is 16.6. The molecule has 0 radical (unpaired) electrons. The van der Waals surface area contributed by atoms with Gasteiger partial charge in [0.15, 0.2) is 0 Å². The van der Waals surface area contributed by atoms with Gasteiger partial charge in [-0.25, -0.2) is 9.59 Å². The van der Waals surface area contributed by atoms with Crippen LogP contribution in [0.4, 0.5) is 9.59 Å². The van der Waals surface area contributed by atoms with E-state index in [4.69, 9.17) is 9.47 Å². The second-order valence-electron chi connectivity index (χ2n) is 7.74. The molecule has 1 amide bonds. The molecule has 0 fully saturated rings. The first-order valence-corrected chi connectivity index (χ1v) is 7.66. The zero-order chi connectivity index (χ0) is 17.6. The van der Waals surface area contributed by atoms with Crippen LogP contribution in [0.1, 0.15) is 58.5 Å². The molecule has 0 unspecified atom stereocenters. The second-order valence-corrected chi connectivity index (χ2v) is 7.74. The molecule has 128 valence electrons. The summed E-state index contributed by atoms with van der Waals surface area (Å²) >= 11 is 0. The Bertz CT molecular complexity index is 635. The minimum absolute atomic E-state index is 0.282. The second kappa shape index (κ2) is 5.54. The first-order valence-electron chi connectivity index (χ1n) is 7.66. The summed E-state index contributed by atoms with van der Waals surface area (Å²) in [6, 6.07) is 0. The molecule has 0 atom stereocenters. The lowest BCUT2D eigenvalue weighted by Gasteiger charge is -2.24. The molecule has 2 rings (SSSR count). The predicted molar refractivity (Wildman–Crippen MR) is 84.1 cm³/mol. The smallest absolute Gasteiger partial charge is 0.435 e. The fourth-order valence-corrected chi connectivity index (χ4v) is 2.31. The van der Waals surface area contributed by atoms with Gasteiger partial charge in [-0.2, -0.15) is 9.78 Å². The van der Waals surface area contributed by atoms with E-state index in [0.717, 1.165) is 11.3 Å². The third-order valence-corrected chi connectivity index (χ3v) is 3.20. The van der Waals surface area contributed by atoms with Crippen LogP contribution in [0.3, 0.4) is 0 Å². The van der Waals surface area contributed by atoms with E-state index >= 15 is 0 Å². The van der Waals surface area contributed by atoms with Crippen LogP contribution in [0, 0.1) is 6.92 Å². The molecule has 0 N–H and O–H groups in total. The number of aryl methyl sites for hydroxylation is 1. The van der Waals surface area contributed by atoms with E-state index < -0.39 is 23.4 Å². The van der Waals surface area contributed by atoms with Crippen molar-refractivity contribution in [3.05, 3.63) is 17.0 Å². The van der Waals surface area contributed by atoms with E-state index in [2.05, 4.69) is 5.10 Å². The number of aromatic nitrogens is 2. The number of amides is 1. The Hall–Kier alpha value is -2.05. The zero-order valence-electron chi connectivity index (χ0n) is 14.9. The molecule has 0 bridgehead atoms. The number of carbonyl (C=O) groups excluding carboxylic acids is 2. The summed E-state index contributed by atoms with van der Waals surface area (Å²) in [5.74, 6) is 0. The number of nitrogens with zero attached hydrogens (tertiary/aromatic N) is 3. The Morgan fingerprint density at radius 2 is 1.48 bits per heavy atom. The molecule has 0 saturated heterocycles. The van der Waals surface area contributed by atoms with Gasteiger partial charge in [0.05, 0.1) is 24.5 Å². The van der Waals surface area contributed by atoms with Gasteiger partial charge in [-0.1, -0.05) is 0 Å². The van der Waals surface area contributed by atoms with Gasteiger partial charge < -0.3 is 9.47 Å². The summed E-state index contributed by atoms with van der Waals surface area (Å²) in [5.41, 5.74) is 1.12. The molecule has 1 aliphatic rings. The third kappa shape index (κ3) is 4.03. The average molecular weight is 323 g/mol. The van der Waals surface area contributed by atoms with Crippen LogP contribution in [0.25, 0.3) is 0 Å². The minimum atomic E-state index is -0.604. The van der Waals surface area contributed by atoms with Crippen molar-refractivity contribution in [1.82, 2.24) is 14.7 Å². The Balaban J connectivity index is 2.19. The van der Waals surface area contributed by atoms with Crippen molar-refractivity contribution in [1.29, 1.82) is 0 Å². The number of hydrogen-bond donors (Lipinski definition) is 0. The molecule has 7 nitrogen and oxygen atoms in total. The molecule has 7 heteroatoms. The molecule has 1 aliphatic heterocycles. The first-order chi connectivity index (χ1) is 10.4. The van der Waals surface area contributed by atoms with E-state index in [1.54, 1.807) is 25.7 Å². The Morgan fingerprint density at radius 3 is 2.00 bits per heavy atom. The van der Waals surface area contributed by atoms with Crippen molar-refractivity contribution in [2.45, 2.75) is 72.8 Å². The van der Waals surface area contributed by atoms with Crippen molar-refractivity contribution in [3.8, 4) is 0 Å². The van der Waals surface area contributed by atoms with Crippen LogP contribution in [0.5, 0.6) is 0 Å². The maximum atomic E-state index is 12.3. The molecule has 0 spiro atoms. The lowest BCUT2D eigenvalue weighted by molar-refractivity contribution is 0.0232. The summed E-state index contributed by atoms with van der Waals surface area (Å²) in [4.78, 5) is 26.0. The van der Waals surface area contributed by atoms with Gasteiger partial charge in [0.2, 0.25) is 0 Å². The van der Waals surface area contributed by atoms with Crippen LogP contribution in [0.2, 0.25) is 0 Å². The number of hydrogen-bond acceptors (Lipinski definition) is 5. The van der Waals surface area contributed by atoms with Crippen molar-refractivity contribution >= 4 is 12.2 Å². The van der Waals surface area contributed by atoms with E-state index in [1.165, 1.54) is 4.68 Å². The summed E-state index contributed by atoms with van der Waals surface area (Å²) < 4.78 is 12.0. The average Bonchev–Trinajstić information content (AvgIpc) is 2.86. The third-order valence-electron chi connectivity index (χ3n) is 3.20. The van der Waals surface area contributed by atoms with Gasteiger partial charge in [0, 0.05) is 5.56 Å². The van der Waals surface area contributed by atoms with Crippen LogP contribution >= 0.6 is 0 Å². The van der Waals surface area contributed by atoms with Crippen molar-refractivity contribution in [2.75, 3.05) is 0 Å². The fraction of sp³-hybridized carbons (Fsp3) is 0.688. The maximum Gasteiger partial charge on any atom is 0.435 e. The van der Waals surface area contributed by atoms with Crippen molar-refractivity contribution in [3.63, 3.8) is 0 Å². The quantitative estimate of drug-likeness (QED) is 0.733.